The number of carbonyl (C=O) groups is 2. The van der Waals surface area contributed by atoms with Crippen molar-refractivity contribution in [2.75, 3.05) is 13.1 Å². The van der Waals surface area contributed by atoms with Crippen LogP contribution in [0.1, 0.15) is 23.8 Å². The molecular weight excluding hydrogens is 376 g/mol. The summed E-state index contributed by atoms with van der Waals surface area (Å²) in [6.07, 6.45) is 0.838. The van der Waals surface area contributed by atoms with Gasteiger partial charge in [-0.2, -0.15) is 5.10 Å². The van der Waals surface area contributed by atoms with Gasteiger partial charge in [0.05, 0.1) is 17.9 Å². The number of nitrogens with one attached hydrogen (secondary N) is 2. The molecule has 0 fully saturated rings. The highest BCUT2D eigenvalue weighted by molar-refractivity contribution is 6.30. The van der Waals surface area contributed by atoms with Crippen LogP contribution in [-0.4, -0.2) is 34.7 Å². The number of rotatable bonds is 7. The predicted octanol–water partition coefficient (Wildman–Crippen LogP) is 3.45. The van der Waals surface area contributed by atoms with Crippen molar-refractivity contribution in [3.8, 4) is 16.9 Å². The van der Waals surface area contributed by atoms with Crippen LogP contribution in [0.15, 0.2) is 60.7 Å². The summed E-state index contributed by atoms with van der Waals surface area (Å²) in [6, 6.07) is 18.3. The molecule has 0 saturated carbocycles. The van der Waals surface area contributed by atoms with Crippen molar-refractivity contribution in [3.63, 3.8) is 0 Å². The van der Waals surface area contributed by atoms with Crippen molar-refractivity contribution in [1.82, 2.24) is 20.4 Å². The Morgan fingerprint density at radius 3 is 2.43 bits per heavy atom. The lowest BCUT2D eigenvalue weighted by Crippen LogP contribution is -2.37. The largest absolute Gasteiger partial charge is 0.355 e. The second-order valence-electron chi connectivity index (χ2n) is 6.20. The molecule has 0 aliphatic heterocycles. The lowest BCUT2D eigenvalue weighted by Gasteiger charge is -2.08. The van der Waals surface area contributed by atoms with Crippen molar-refractivity contribution in [1.29, 1.82) is 0 Å². The van der Waals surface area contributed by atoms with Gasteiger partial charge >= 0.3 is 0 Å². The van der Waals surface area contributed by atoms with Crippen molar-refractivity contribution < 1.29 is 9.59 Å². The van der Waals surface area contributed by atoms with E-state index >= 15 is 0 Å². The molecule has 2 N–H and O–H groups in total. The molecule has 28 heavy (non-hydrogen) atoms. The van der Waals surface area contributed by atoms with E-state index in [1.54, 1.807) is 22.9 Å². The van der Waals surface area contributed by atoms with E-state index < -0.39 is 0 Å². The van der Waals surface area contributed by atoms with E-state index in [0.29, 0.717) is 23.0 Å². The molecule has 0 spiro atoms. The number of para-hydroxylation sites is 1. The van der Waals surface area contributed by atoms with Gasteiger partial charge in [-0.3, -0.25) is 9.59 Å². The number of hydrogen-bond donors (Lipinski definition) is 2. The Kier molecular flexibility index (Phi) is 6.45. The molecule has 7 heteroatoms. The summed E-state index contributed by atoms with van der Waals surface area (Å²) >= 11 is 5.96. The molecule has 0 radical (unpaired) electrons. The number of carbonyl (C=O) groups excluding carboxylic acids is 2. The first-order chi connectivity index (χ1) is 13.6. The molecule has 0 aliphatic rings. The number of halogens is 1. The summed E-state index contributed by atoms with van der Waals surface area (Å²) in [7, 11) is 0. The van der Waals surface area contributed by atoms with Crippen LogP contribution >= 0.6 is 11.6 Å². The van der Waals surface area contributed by atoms with Gasteiger partial charge in [0.15, 0.2) is 0 Å². The van der Waals surface area contributed by atoms with Crippen LogP contribution in [0.5, 0.6) is 0 Å². The normalized spacial score (nSPS) is 10.5. The minimum Gasteiger partial charge on any atom is -0.355 e. The third-order valence-electron chi connectivity index (χ3n) is 4.06. The van der Waals surface area contributed by atoms with E-state index in [2.05, 4.69) is 15.7 Å². The summed E-state index contributed by atoms with van der Waals surface area (Å²) in [5.74, 6) is -0.595. The molecule has 3 rings (SSSR count). The number of aromatic nitrogens is 2. The Morgan fingerprint density at radius 1 is 1.04 bits per heavy atom. The molecule has 2 aromatic carbocycles. The highest BCUT2D eigenvalue weighted by atomic mass is 35.5. The SMILES string of the molecule is CCCNC(=O)CNC(=O)c1cc(-c2ccc(Cl)cc2)nn1-c1ccccc1. The van der Waals surface area contributed by atoms with Crippen LogP contribution in [-0.2, 0) is 4.79 Å². The van der Waals surface area contributed by atoms with Crippen molar-refractivity contribution >= 4 is 23.4 Å². The van der Waals surface area contributed by atoms with Gasteiger partial charge in [0.1, 0.15) is 5.69 Å². The summed E-state index contributed by atoms with van der Waals surface area (Å²) in [5.41, 5.74) is 2.58. The van der Waals surface area contributed by atoms with Gasteiger partial charge in [0.2, 0.25) is 5.91 Å². The number of nitrogens with zero attached hydrogens (tertiary/aromatic N) is 2. The molecular formula is C21H21ClN4O2. The number of hydrogen-bond acceptors (Lipinski definition) is 3. The van der Waals surface area contributed by atoms with Gasteiger partial charge in [0.25, 0.3) is 5.91 Å². The molecule has 0 bridgehead atoms. The molecule has 2 amide bonds. The second-order valence-corrected chi connectivity index (χ2v) is 6.64. The fourth-order valence-corrected chi connectivity index (χ4v) is 2.77. The van der Waals surface area contributed by atoms with E-state index in [1.807, 2.05) is 49.4 Å². The standard InChI is InChI=1S/C21H21ClN4O2/c1-2-12-23-20(27)14-24-21(28)19-13-18(15-8-10-16(22)11-9-15)25-26(19)17-6-4-3-5-7-17/h3-11,13H,2,12,14H2,1H3,(H,23,27)(H,24,28). The van der Waals surface area contributed by atoms with Gasteiger partial charge in [-0.1, -0.05) is 48.9 Å². The third-order valence-corrected chi connectivity index (χ3v) is 4.32. The van der Waals surface area contributed by atoms with E-state index in [0.717, 1.165) is 17.7 Å². The maximum absolute atomic E-state index is 12.7. The van der Waals surface area contributed by atoms with Gasteiger partial charge in [0, 0.05) is 17.1 Å². The van der Waals surface area contributed by atoms with Gasteiger partial charge in [-0.25, -0.2) is 4.68 Å². The first-order valence-corrected chi connectivity index (χ1v) is 9.42. The Bertz CT molecular complexity index is 952. The van der Waals surface area contributed by atoms with Crippen molar-refractivity contribution in [2.45, 2.75) is 13.3 Å². The maximum Gasteiger partial charge on any atom is 0.270 e. The van der Waals surface area contributed by atoms with Gasteiger partial charge in [-0.05, 0) is 36.8 Å². The van der Waals surface area contributed by atoms with E-state index in [9.17, 15) is 9.59 Å². The fraction of sp³-hybridized carbons (Fsp3) is 0.190. The fourth-order valence-electron chi connectivity index (χ4n) is 2.65. The Morgan fingerprint density at radius 2 is 1.75 bits per heavy atom. The molecule has 0 aliphatic carbocycles. The van der Waals surface area contributed by atoms with E-state index in [-0.39, 0.29) is 18.4 Å². The molecule has 0 atom stereocenters. The molecule has 144 valence electrons. The second kappa shape index (κ2) is 9.19. The lowest BCUT2D eigenvalue weighted by atomic mass is 10.1. The molecule has 6 nitrogen and oxygen atoms in total. The Balaban J connectivity index is 1.88. The average Bonchev–Trinajstić information content (AvgIpc) is 3.17. The molecule has 0 saturated heterocycles. The van der Waals surface area contributed by atoms with Gasteiger partial charge < -0.3 is 10.6 Å². The monoisotopic (exact) mass is 396 g/mol. The Labute approximate surface area is 168 Å². The van der Waals surface area contributed by atoms with Gasteiger partial charge in [-0.15, -0.1) is 0 Å². The topological polar surface area (TPSA) is 76.0 Å². The third kappa shape index (κ3) is 4.78. The minimum absolute atomic E-state index is 0.0882. The summed E-state index contributed by atoms with van der Waals surface area (Å²) in [6.45, 7) is 2.46. The highest BCUT2D eigenvalue weighted by Gasteiger charge is 2.18. The first-order valence-electron chi connectivity index (χ1n) is 9.05. The molecule has 1 aromatic heterocycles. The first kappa shape index (κ1) is 19.6. The molecule has 1 heterocycles. The predicted molar refractivity (Wildman–Crippen MR) is 110 cm³/mol. The van der Waals surface area contributed by atoms with Crippen LogP contribution in [0.4, 0.5) is 0 Å². The van der Waals surface area contributed by atoms with Crippen LogP contribution < -0.4 is 10.6 Å². The zero-order chi connectivity index (χ0) is 19.9. The summed E-state index contributed by atoms with van der Waals surface area (Å²) < 4.78 is 1.57. The van der Waals surface area contributed by atoms with Crippen LogP contribution in [0, 0.1) is 0 Å². The Hall–Kier alpha value is -3.12. The van der Waals surface area contributed by atoms with Crippen LogP contribution in [0.3, 0.4) is 0 Å². The number of amides is 2. The molecule has 3 aromatic rings. The van der Waals surface area contributed by atoms with Crippen LogP contribution in [0.25, 0.3) is 16.9 Å². The highest BCUT2D eigenvalue weighted by Crippen LogP contribution is 2.23. The maximum atomic E-state index is 12.7. The van der Waals surface area contributed by atoms with Crippen molar-refractivity contribution in [2.24, 2.45) is 0 Å². The minimum atomic E-state index is -0.372. The summed E-state index contributed by atoms with van der Waals surface area (Å²) in [5, 5.41) is 10.6. The van der Waals surface area contributed by atoms with E-state index in [1.165, 1.54) is 0 Å². The smallest absolute Gasteiger partial charge is 0.270 e. The zero-order valence-corrected chi connectivity index (χ0v) is 16.2. The zero-order valence-electron chi connectivity index (χ0n) is 15.5. The van der Waals surface area contributed by atoms with Crippen molar-refractivity contribution in [3.05, 3.63) is 71.4 Å². The van der Waals surface area contributed by atoms with E-state index in [4.69, 9.17) is 11.6 Å². The van der Waals surface area contributed by atoms with Crippen LogP contribution in [0.2, 0.25) is 5.02 Å². The quantitative estimate of drug-likeness (QED) is 0.642. The molecule has 0 unspecified atom stereocenters. The lowest BCUT2D eigenvalue weighted by molar-refractivity contribution is -0.120. The number of benzene rings is 2. The summed E-state index contributed by atoms with van der Waals surface area (Å²) in [4.78, 5) is 24.5. The average molecular weight is 397 g/mol.